The number of hydrogen-bond acceptors (Lipinski definition) is 4. The molecule has 6 heteroatoms. The van der Waals surface area contributed by atoms with Crippen LogP contribution in [0.4, 0.5) is 5.82 Å². The molecule has 0 aromatic carbocycles. The van der Waals surface area contributed by atoms with Crippen LogP contribution in [-0.4, -0.2) is 33.5 Å². The highest BCUT2D eigenvalue weighted by Crippen LogP contribution is 2.20. The topological polar surface area (TPSA) is 83.3 Å². The third-order valence-corrected chi connectivity index (χ3v) is 3.00. The van der Waals surface area contributed by atoms with E-state index in [2.05, 4.69) is 10.1 Å². The number of hydrogen-bond donors (Lipinski definition) is 2. The van der Waals surface area contributed by atoms with E-state index in [9.17, 15) is 0 Å². The van der Waals surface area contributed by atoms with Gasteiger partial charge < -0.3 is 10.6 Å². The highest BCUT2D eigenvalue weighted by molar-refractivity contribution is 5.78. The van der Waals surface area contributed by atoms with Crippen LogP contribution in [0.3, 0.4) is 0 Å². The van der Waals surface area contributed by atoms with Crippen molar-refractivity contribution in [2.45, 2.75) is 26.3 Å². The van der Waals surface area contributed by atoms with Crippen LogP contribution >= 0.6 is 0 Å². The molecule has 0 saturated carbocycles. The molecule has 2 heterocycles. The van der Waals surface area contributed by atoms with Gasteiger partial charge in [-0.2, -0.15) is 5.10 Å². The highest BCUT2D eigenvalue weighted by Gasteiger charge is 2.15. The first-order valence-corrected chi connectivity index (χ1v) is 5.85. The van der Waals surface area contributed by atoms with Crippen molar-refractivity contribution in [2.24, 2.45) is 5.73 Å². The lowest BCUT2D eigenvalue weighted by atomic mass is 10.2. The molecule has 0 aliphatic heterocycles. The maximum atomic E-state index is 7.36. The average Bonchev–Trinajstić information content (AvgIpc) is 2.66. The van der Waals surface area contributed by atoms with Gasteiger partial charge in [-0.05, 0) is 19.9 Å². The van der Waals surface area contributed by atoms with Crippen LogP contribution in [0.1, 0.15) is 19.0 Å². The van der Waals surface area contributed by atoms with E-state index in [0.717, 1.165) is 17.0 Å². The second kappa shape index (κ2) is 4.64. The Bertz CT molecular complexity index is 573. The van der Waals surface area contributed by atoms with Gasteiger partial charge in [0.15, 0.2) is 5.82 Å². The van der Waals surface area contributed by atoms with Gasteiger partial charge >= 0.3 is 0 Å². The molecule has 0 aliphatic carbocycles. The lowest BCUT2D eigenvalue weighted by molar-refractivity contribution is 0.699. The third kappa shape index (κ3) is 2.27. The Balaban J connectivity index is 2.37. The zero-order valence-electron chi connectivity index (χ0n) is 10.9. The molecular weight excluding hydrogens is 228 g/mol. The van der Waals surface area contributed by atoms with Crippen LogP contribution in [0.2, 0.25) is 0 Å². The molecule has 18 heavy (non-hydrogen) atoms. The Morgan fingerprint density at radius 3 is 3.00 bits per heavy atom. The zero-order valence-corrected chi connectivity index (χ0v) is 10.9. The summed E-state index contributed by atoms with van der Waals surface area (Å²) in [5.41, 5.74) is 7.37. The number of nitrogens with one attached hydrogen (secondary N) is 1. The van der Waals surface area contributed by atoms with Crippen LogP contribution in [-0.2, 0) is 0 Å². The van der Waals surface area contributed by atoms with Gasteiger partial charge in [0.1, 0.15) is 5.52 Å². The van der Waals surface area contributed by atoms with Crippen molar-refractivity contribution >= 4 is 17.2 Å². The second-order valence-electron chi connectivity index (χ2n) is 4.56. The Labute approximate surface area is 106 Å². The van der Waals surface area contributed by atoms with E-state index in [1.54, 1.807) is 6.20 Å². The first-order chi connectivity index (χ1) is 8.49. The fourth-order valence-corrected chi connectivity index (χ4v) is 1.97. The molecule has 3 N–H and O–H groups in total. The van der Waals surface area contributed by atoms with Crippen LogP contribution in [0, 0.1) is 12.3 Å². The Kier molecular flexibility index (Phi) is 3.18. The Morgan fingerprint density at radius 1 is 1.61 bits per heavy atom. The van der Waals surface area contributed by atoms with Gasteiger partial charge in [-0.15, -0.1) is 0 Å². The maximum absolute atomic E-state index is 7.36. The van der Waals surface area contributed by atoms with Crippen LogP contribution in [0.5, 0.6) is 0 Å². The number of nitrogens with two attached hydrogens (primary N) is 1. The van der Waals surface area contributed by atoms with Crippen LogP contribution < -0.4 is 10.6 Å². The normalized spacial score (nSPS) is 12.6. The van der Waals surface area contributed by atoms with Crippen molar-refractivity contribution in [3.8, 4) is 0 Å². The zero-order chi connectivity index (χ0) is 13.3. The molecule has 2 aromatic rings. The Morgan fingerprint density at radius 2 is 2.33 bits per heavy atom. The first kappa shape index (κ1) is 12.3. The summed E-state index contributed by atoms with van der Waals surface area (Å²) in [6, 6.07) is 2.12. The highest BCUT2D eigenvalue weighted by atomic mass is 15.3. The van der Waals surface area contributed by atoms with Gasteiger partial charge in [0.2, 0.25) is 0 Å². The molecule has 2 aromatic heterocycles. The number of aryl methyl sites for hydroxylation is 1. The molecule has 0 bridgehead atoms. The molecule has 2 rings (SSSR count). The number of rotatable bonds is 4. The summed E-state index contributed by atoms with van der Waals surface area (Å²) in [4.78, 5) is 6.43. The average molecular weight is 246 g/mol. The number of anilines is 1. The van der Waals surface area contributed by atoms with E-state index in [4.69, 9.17) is 11.1 Å². The number of nitrogens with zero attached hydrogens (tertiary/aromatic N) is 4. The molecule has 0 saturated heterocycles. The molecule has 0 aliphatic rings. The summed E-state index contributed by atoms with van der Waals surface area (Å²) in [6.45, 7) is 3.98. The molecule has 1 atom stereocenters. The SMILES string of the molecule is Cc1cc2c(N(C)C(C)CC(=N)N)nccn2n1. The summed E-state index contributed by atoms with van der Waals surface area (Å²) in [5, 5.41) is 11.7. The van der Waals surface area contributed by atoms with E-state index in [0.29, 0.717) is 6.42 Å². The summed E-state index contributed by atoms with van der Waals surface area (Å²) < 4.78 is 1.81. The lowest BCUT2D eigenvalue weighted by Crippen LogP contribution is -2.33. The molecule has 6 nitrogen and oxygen atoms in total. The lowest BCUT2D eigenvalue weighted by Gasteiger charge is -2.25. The minimum Gasteiger partial charge on any atom is -0.388 e. The summed E-state index contributed by atoms with van der Waals surface area (Å²) >= 11 is 0. The maximum Gasteiger partial charge on any atom is 0.154 e. The van der Waals surface area contributed by atoms with Crippen molar-refractivity contribution < 1.29 is 0 Å². The Hall–Kier alpha value is -2.11. The van der Waals surface area contributed by atoms with Crippen molar-refractivity contribution in [1.29, 1.82) is 5.41 Å². The molecular formula is C12H18N6. The second-order valence-corrected chi connectivity index (χ2v) is 4.56. The largest absolute Gasteiger partial charge is 0.388 e. The van der Waals surface area contributed by atoms with Gasteiger partial charge in [0.05, 0.1) is 11.5 Å². The van der Waals surface area contributed by atoms with E-state index < -0.39 is 0 Å². The van der Waals surface area contributed by atoms with Gasteiger partial charge in [0.25, 0.3) is 0 Å². The van der Waals surface area contributed by atoms with Gasteiger partial charge in [0, 0.05) is 31.9 Å². The smallest absolute Gasteiger partial charge is 0.154 e. The van der Waals surface area contributed by atoms with Crippen molar-refractivity contribution in [3.05, 3.63) is 24.2 Å². The fraction of sp³-hybridized carbons (Fsp3) is 0.417. The van der Waals surface area contributed by atoms with Crippen LogP contribution in [0.25, 0.3) is 5.52 Å². The molecule has 96 valence electrons. The van der Waals surface area contributed by atoms with E-state index >= 15 is 0 Å². The van der Waals surface area contributed by atoms with Gasteiger partial charge in [-0.3, -0.25) is 5.41 Å². The molecule has 1 unspecified atom stereocenters. The van der Waals surface area contributed by atoms with Crippen molar-refractivity contribution in [1.82, 2.24) is 14.6 Å². The number of aromatic nitrogens is 3. The quantitative estimate of drug-likeness (QED) is 0.627. The predicted molar refractivity (Wildman–Crippen MR) is 72.1 cm³/mol. The molecule has 0 radical (unpaired) electrons. The minimum absolute atomic E-state index is 0.122. The van der Waals surface area contributed by atoms with Crippen molar-refractivity contribution in [3.63, 3.8) is 0 Å². The van der Waals surface area contributed by atoms with Crippen molar-refractivity contribution in [2.75, 3.05) is 11.9 Å². The van der Waals surface area contributed by atoms with Crippen LogP contribution in [0.15, 0.2) is 18.5 Å². The fourth-order valence-electron chi connectivity index (χ4n) is 1.97. The molecule has 0 amide bonds. The summed E-state index contributed by atoms with van der Waals surface area (Å²) in [5.74, 6) is 1.04. The minimum atomic E-state index is 0.122. The predicted octanol–water partition coefficient (Wildman–Crippen LogP) is 1.19. The standard InChI is InChI=1S/C12H18N6/c1-8-6-10-12(15-4-5-18(10)16-8)17(3)9(2)7-11(13)14/h4-6,9H,7H2,1-3H3,(H3,13,14). The third-order valence-electron chi connectivity index (χ3n) is 3.00. The van der Waals surface area contributed by atoms with E-state index in [1.165, 1.54) is 0 Å². The van der Waals surface area contributed by atoms with Gasteiger partial charge in [-0.25, -0.2) is 9.50 Å². The summed E-state index contributed by atoms with van der Waals surface area (Å²) in [6.07, 6.45) is 4.08. The number of fused-ring (bicyclic) bond motifs is 1. The summed E-state index contributed by atoms with van der Waals surface area (Å²) in [7, 11) is 1.96. The first-order valence-electron chi connectivity index (χ1n) is 5.85. The monoisotopic (exact) mass is 246 g/mol. The molecule has 0 spiro atoms. The van der Waals surface area contributed by atoms with Gasteiger partial charge in [-0.1, -0.05) is 0 Å². The van der Waals surface area contributed by atoms with E-state index in [-0.39, 0.29) is 11.9 Å². The molecule has 0 fully saturated rings. The van der Waals surface area contributed by atoms with E-state index in [1.807, 2.05) is 42.6 Å². The number of amidine groups is 1.